The van der Waals surface area contributed by atoms with Crippen LogP contribution in [0.1, 0.15) is 85.3 Å². The van der Waals surface area contributed by atoms with E-state index in [1.807, 2.05) is 12.1 Å². The first-order valence-corrected chi connectivity index (χ1v) is 10.8. The Bertz CT molecular complexity index is 892. The zero-order valence-corrected chi connectivity index (χ0v) is 16.9. The van der Waals surface area contributed by atoms with Crippen LogP contribution in [0.5, 0.6) is 0 Å². The molecule has 2 aromatic rings. The van der Waals surface area contributed by atoms with Gasteiger partial charge in [0, 0.05) is 23.7 Å². The summed E-state index contributed by atoms with van der Waals surface area (Å²) >= 11 is 0. The lowest BCUT2D eigenvalue weighted by Crippen LogP contribution is -2.23. The van der Waals surface area contributed by atoms with Crippen molar-refractivity contribution in [1.29, 1.82) is 5.26 Å². The third-order valence-corrected chi connectivity index (χ3v) is 6.58. The highest BCUT2D eigenvalue weighted by Crippen LogP contribution is 2.40. The number of benzene rings is 1. The fourth-order valence-electron chi connectivity index (χ4n) is 4.64. The molecule has 28 heavy (non-hydrogen) atoms. The number of nitrogen functional groups attached to an aromatic ring is 1. The summed E-state index contributed by atoms with van der Waals surface area (Å²) < 4.78 is 0. The van der Waals surface area contributed by atoms with E-state index in [1.54, 1.807) is 0 Å². The maximum absolute atomic E-state index is 9.15. The number of fused-ring (bicyclic) bond motifs is 1. The average molecular weight is 375 g/mol. The molecule has 2 aliphatic carbocycles. The molecule has 1 aromatic heterocycles. The van der Waals surface area contributed by atoms with E-state index >= 15 is 0 Å². The molecule has 2 N–H and O–H groups in total. The van der Waals surface area contributed by atoms with Crippen LogP contribution in [0.25, 0.3) is 0 Å². The van der Waals surface area contributed by atoms with Gasteiger partial charge in [0.05, 0.1) is 11.3 Å². The van der Waals surface area contributed by atoms with E-state index in [0.29, 0.717) is 23.1 Å². The zero-order chi connectivity index (χ0) is 19.5. The quantitative estimate of drug-likeness (QED) is 0.731. The summed E-state index contributed by atoms with van der Waals surface area (Å²) in [6, 6.07) is 8.03. The van der Waals surface area contributed by atoms with Crippen LogP contribution < -0.4 is 5.73 Å². The van der Waals surface area contributed by atoms with Crippen LogP contribution >= 0.6 is 0 Å². The fraction of sp³-hybridized carbons (Fsp3) is 0.542. The van der Waals surface area contributed by atoms with Crippen molar-refractivity contribution in [2.45, 2.75) is 77.0 Å². The van der Waals surface area contributed by atoms with Crippen molar-refractivity contribution in [3.63, 3.8) is 0 Å². The highest BCUT2D eigenvalue weighted by molar-refractivity contribution is 5.55. The lowest BCUT2D eigenvalue weighted by Gasteiger charge is -2.31. The monoisotopic (exact) mass is 374 g/mol. The summed E-state index contributed by atoms with van der Waals surface area (Å²) in [5.74, 6) is 2.44. The van der Waals surface area contributed by atoms with E-state index < -0.39 is 0 Å². The van der Waals surface area contributed by atoms with Gasteiger partial charge in [0.15, 0.2) is 0 Å². The molecule has 0 bridgehead atoms. The molecule has 0 radical (unpaired) electrons. The second-order valence-corrected chi connectivity index (χ2v) is 8.47. The smallest absolute Gasteiger partial charge is 0.128 e. The summed E-state index contributed by atoms with van der Waals surface area (Å²) in [5.41, 5.74) is 12.4. The Balaban J connectivity index is 1.39. The standard InChI is InChI=1S/C24H30N4/c1-2-23-27-22-14-17(9-11-20(22)24(28-23)18-7-4-8-18)6-3-5-16-10-12-21(26)19(13-16)15-25/h10,12-13,17-18H,2-9,11,14,26H2,1H3. The van der Waals surface area contributed by atoms with Gasteiger partial charge in [-0.05, 0) is 80.5 Å². The first kappa shape index (κ1) is 18.9. The summed E-state index contributed by atoms with van der Waals surface area (Å²) in [7, 11) is 0. The molecule has 4 nitrogen and oxygen atoms in total. The van der Waals surface area contributed by atoms with Gasteiger partial charge in [-0.2, -0.15) is 5.26 Å². The minimum Gasteiger partial charge on any atom is -0.398 e. The molecule has 2 aliphatic rings. The molecule has 1 atom stereocenters. The maximum Gasteiger partial charge on any atom is 0.128 e. The van der Waals surface area contributed by atoms with Crippen LogP contribution in [0, 0.1) is 17.2 Å². The first-order chi connectivity index (χ1) is 13.7. The van der Waals surface area contributed by atoms with Gasteiger partial charge in [-0.1, -0.05) is 19.4 Å². The number of aryl methyl sites for hydroxylation is 2. The highest BCUT2D eigenvalue weighted by atomic mass is 14.9. The second-order valence-electron chi connectivity index (χ2n) is 8.47. The summed E-state index contributed by atoms with van der Waals surface area (Å²) in [5, 5.41) is 9.15. The van der Waals surface area contributed by atoms with E-state index in [2.05, 4.69) is 19.1 Å². The molecule has 1 saturated carbocycles. The molecule has 1 aromatic carbocycles. The van der Waals surface area contributed by atoms with Gasteiger partial charge in [0.1, 0.15) is 11.9 Å². The van der Waals surface area contributed by atoms with Gasteiger partial charge in [0.25, 0.3) is 0 Å². The van der Waals surface area contributed by atoms with Gasteiger partial charge in [-0.25, -0.2) is 9.97 Å². The van der Waals surface area contributed by atoms with Crippen molar-refractivity contribution in [3.8, 4) is 6.07 Å². The molecule has 146 valence electrons. The molecule has 0 amide bonds. The Morgan fingerprint density at radius 3 is 2.79 bits per heavy atom. The topological polar surface area (TPSA) is 75.6 Å². The second kappa shape index (κ2) is 8.31. The van der Waals surface area contributed by atoms with Gasteiger partial charge >= 0.3 is 0 Å². The summed E-state index contributed by atoms with van der Waals surface area (Å²) in [4.78, 5) is 9.85. The molecule has 0 aliphatic heterocycles. The zero-order valence-electron chi connectivity index (χ0n) is 16.9. The van der Waals surface area contributed by atoms with Gasteiger partial charge in [0.2, 0.25) is 0 Å². The largest absolute Gasteiger partial charge is 0.398 e. The number of nitrogens with two attached hydrogens (primary N) is 1. The van der Waals surface area contributed by atoms with Crippen LogP contribution in [0.2, 0.25) is 0 Å². The Hall–Kier alpha value is -2.41. The maximum atomic E-state index is 9.15. The lowest BCUT2D eigenvalue weighted by molar-refractivity contribution is 0.382. The predicted molar refractivity (Wildman–Crippen MR) is 112 cm³/mol. The van der Waals surface area contributed by atoms with Crippen molar-refractivity contribution in [3.05, 3.63) is 52.1 Å². The number of hydrogen-bond donors (Lipinski definition) is 1. The van der Waals surface area contributed by atoms with Crippen LogP contribution in [-0.2, 0) is 25.7 Å². The van der Waals surface area contributed by atoms with E-state index in [1.165, 1.54) is 54.6 Å². The molecular weight excluding hydrogens is 344 g/mol. The number of aromatic nitrogens is 2. The van der Waals surface area contributed by atoms with Crippen LogP contribution in [0.4, 0.5) is 5.69 Å². The number of hydrogen-bond acceptors (Lipinski definition) is 4. The summed E-state index contributed by atoms with van der Waals surface area (Å²) in [6.45, 7) is 2.16. The predicted octanol–water partition coefficient (Wildman–Crippen LogP) is 4.89. The van der Waals surface area contributed by atoms with Crippen LogP contribution in [-0.4, -0.2) is 9.97 Å². The molecule has 1 fully saturated rings. The van der Waals surface area contributed by atoms with Crippen molar-refractivity contribution >= 4 is 5.69 Å². The third kappa shape index (κ3) is 3.90. The van der Waals surface area contributed by atoms with Gasteiger partial charge in [-0.15, -0.1) is 0 Å². The van der Waals surface area contributed by atoms with Crippen molar-refractivity contribution in [2.75, 3.05) is 5.73 Å². The van der Waals surface area contributed by atoms with Crippen molar-refractivity contribution in [2.24, 2.45) is 5.92 Å². The average Bonchev–Trinajstić information content (AvgIpc) is 2.67. The molecule has 1 heterocycles. The Morgan fingerprint density at radius 2 is 2.07 bits per heavy atom. The SMILES string of the molecule is CCc1nc2c(c(C3CCC3)n1)CCC(CCCc1ccc(N)c(C#N)c1)C2. The van der Waals surface area contributed by atoms with E-state index in [0.717, 1.165) is 37.9 Å². The minimum absolute atomic E-state index is 0.573. The number of nitrogens with zero attached hydrogens (tertiary/aromatic N) is 3. The van der Waals surface area contributed by atoms with Crippen molar-refractivity contribution < 1.29 is 0 Å². The number of rotatable bonds is 6. The lowest BCUT2D eigenvalue weighted by atomic mass is 9.76. The number of anilines is 1. The van der Waals surface area contributed by atoms with Gasteiger partial charge < -0.3 is 5.73 Å². The van der Waals surface area contributed by atoms with Gasteiger partial charge in [-0.3, -0.25) is 0 Å². The third-order valence-electron chi connectivity index (χ3n) is 6.58. The summed E-state index contributed by atoms with van der Waals surface area (Å²) in [6.07, 6.45) is 11.8. The molecule has 1 unspecified atom stereocenters. The van der Waals surface area contributed by atoms with Crippen LogP contribution in [0.3, 0.4) is 0 Å². The number of nitriles is 1. The molecule has 0 spiro atoms. The fourth-order valence-corrected chi connectivity index (χ4v) is 4.64. The Labute approximate surface area is 168 Å². The molecule has 0 saturated heterocycles. The normalized spacial score (nSPS) is 18.9. The highest BCUT2D eigenvalue weighted by Gasteiger charge is 2.29. The van der Waals surface area contributed by atoms with Crippen LogP contribution in [0.15, 0.2) is 18.2 Å². The molecular formula is C24H30N4. The van der Waals surface area contributed by atoms with Crippen molar-refractivity contribution in [1.82, 2.24) is 9.97 Å². The first-order valence-electron chi connectivity index (χ1n) is 10.8. The Kier molecular flexibility index (Phi) is 5.62. The van der Waals surface area contributed by atoms with E-state index in [9.17, 15) is 0 Å². The minimum atomic E-state index is 0.573. The van der Waals surface area contributed by atoms with E-state index in [-0.39, 0.29) is 0 Å². The Morgan fingerprint density at radius 1 is 1.21 bits per heavy atom. The molecule has 4 heteroatoms. The molecule has 4 rings (SSSR count). The van der Waals surface area contributed by atoms with E-state index in [4.69, 9.17) is 21.0 Å².